The molecule has 0 aliphatic carbocycles. The molecule has 0 aromatic carbocycles. The summed E-state index contributed by atoms with van der Waals surface area (Å²) in [6.45, 7) is 15.0. The summed E-state index contributed by atoms with van der Waals surface area (Å²) < 4.78 is 4.93. The average Bonchev–Trinajstić information content (AvgIpc) is 3.21. The fourth-order valence-electron chi connectivity index (χ4n) is 4.04. The zero-order valence-corrected chi connectivity index (χ0v) is 17.1. The first-order chi connectivity index (χ1) is 13.3. The maximum atomic E-state index is 4.94. The van der Waals surface area contributed by atoms with Gasteiger partial charge in [-0.1, -0.05) is 12.1 Å². The van der Waals surface area contributed by atoms with Crippen LogP contribution in [-0.2, 0) is 6.54 Å². The summed E-state index contributed by atoms with van der Waals surface area (Å²) >= 11 is 0. The van der Waals surface area contributed by atoms with E-state index in [1.165, 1.54) is 38.9 Å². The van der Waals surface area contributed by atoms with Crippen LogP contribution in [0.5, 0.6) is 0 Å². The minimum absolute atomic E-state index is 0.846. The molecule has 1 aromatic heterocycles. The number of nitrogens with zero attached hydrogens (tertiary/aromatic N) is 5. The number of rotatable bonds is 7. The number of aromatic nitrogens is 1. The lowest BCUT2D eigenvalue weighted by molar-refractivity contribution is 0.168. The SMILES string of the molecule is CCNC(=NCCC1CCN(CC)CC1)N1CCN(Cc2ccon2)CC1. The highest BCUT2D eigenvalue weighted by Gasteiger charge is 2.21. The van der Waals surface area contributed by atoms with Crippen LogP contribution in [0.25, 0.3) is 0 Å². The number of piperazine rings is 1. The van der Waals surface area contributed by atoms with Crippen molar-refractivity contribution in [3.8, 4) is 0 Å². The molecular weight excluding hydrogens is 340 g/mol. The maximum Gasteiger partial charge on any atom is 0.194 e. The molecule has 3 rings (SSSR count). The van der Waals surface area contributed by atoms with Gasteiger partial charge < -0.3 is 19.6 Å². The molecule has 1 N–H and O–H groups in total. The summed E-state index contributed by atoms with van der Waals surface area (Å²) in [7, 11) is 0. The summed E-state index contributed by atoms with van der Waals surface area (Å²) in [5.41, 5.74) is 1.01. The first kappa shape index (κ1) is 20.1. The van der Waals surface area contributed by atoms with Gasteiger partial charge in [0.05, 0.1) is 5.69 Å². The van der Waals surface area contributed by atoms with Crippen molar-refractivity contribution >= 4 is 5.96 Å². The monoisotopic (exact) mass is 376 g/mol. The quantitative estimate of drug-likeness (QED) is 0.579. The molecule has 0 spiro atoms. The van der Waals surface area contributed by atoms with Crippen LogP contribution < -0.4 is 5.32 Å². The predicted molar refractivity (Wildman–Crippen MR) is 109 cm³/mol. The van der Waals surface area contributed by atoms with Crippen molar-refractivity contribution in [3.63, 3.8) is 0 Å². The van der Waals surface area contributed by atoms with Gasteiger partial charge in [-0.15, -0.1) is 0 Å². The van der Waals surface area contributed by atoms with Gasteiger partial charge in [0.1, 0.15) is 6.26 Å². The predicted octanol–water partition coefficient (Wildman–Crippen LogP) is 1.88. The molecule has 0 amide bonds. The molecule has 0 radical (unpaired) electrons. The first-order valence-electron chi connectivity index (χ1n) is 10.7. The molecular formula is C20H36N6O. The second-order valence-corrected chi connectivity index (χ2v) is 7.66. The first-order valence-corrected chi connectivity index (χ1v) is 10.7. The van der Waals surface area contributed by atoms with Crippen LogP contribution in [0.1, 0.15) is 38.8 Å². The van der Waals surface area contributed by atoms with E-state index in [0.29, 0.717) is 0 Å². The van der Waals surface area contributed by atoms with Gasteiger partial charge in [0.2, 0.25) is 0 Å². The van der Waals surface area contributed by atoms with Gasteiger partial charge in [0, 0.05) is 51.9 Å². The van der Waals surface area contributed by atoms with Gasteiger partial charge in [0.25, 0.3) is 0 Å². The molecule has 152 valence electrons. The molecule has 0 atom stereocenters. The molecule has 0 bridgehead atoms. The Bertz CT molecular complexity index is 545. The lowest BCUT2D eigenvalue weighted by atomic mass is 9.94. The van der Waals surface area contributed by atoms with E-state index >= 15 is 0 Å². The van der Waals surface area contributed by atoms with Gasteiger partial charge in [-0.2, -0.15) is 0 Å². The van der Waals surface area contributed by atoms with Crippen molar-refractivity contribution in [3.05, 3.63) is 18.0 Å². The van der Waals surface area contributed by atoms with Gasteiger partial charge in [-0.05, 0) is 51.7 Å². The Morgan fingerprint density at radius 1 is 1.15 bits per heavy atom. The second kappa shape index (κ2) is 10.7. The van der Waals surface area contributed by atoms with Crippen LogP contribution in [0, 0.1) is 5.92 Å². The Hall–Kier alpha value is -1.60. The third kappa shape index (κ3) is 6.21. The van der Waals surface area contributed by atoms with Gasteiger partial charge in [0.15, 0.2) is 5.96 Å². The number of hydrogen-bond acceptors (Lipinski definition) is 5. The number of aliphatic imine (C=N–C) groups is 1. The molecule has 27 heavy (non-hydrogen) atoms. The highest BCUT2D eigenvalue weighted by atomic mass is 16.5. The summed E-state index contributed by atoms with van der Waals surface area (Å²) in [6.07, 6.45) is 5.54. The highest BCUT2D eigenvalue weighted by Crippen LogP contribution is 2.20. The molecule has 0 saturated carbocycles. The minimum atomic E-state index is 0.846. The molecule has 0 unspecified atom stereocenters. The van der Waals surface area contributed by atoms with E-state index in [-0.39, 0.29) is 0 Å². The van der Waals surface area contributed by atoms with Gasteiger partial charge >= 0.3 is 0 Å². The Morgan fingerprint density at radius 2 is 1.93 bits per heavy atom. The van der Waals surface area contributed by atoms with Crippen LogP contribution in [-0.4, -0.2) is 84.7 Å². The van der Waals surface area contributed by atoms with E-state index in [9.17, 15) is 0 Å². The molecule has 2 saturated heterocycles. The number of hydrogen-bond donors (Lipinski definition) is 1. The second-order valence-electron chi connectivity index (χ2n) is 7.66. The molecule has 7 heteroatoms. The van der Waals surface area contributed by atoms with Crippen LogP contribution in [0.2, 0.25) is 0 Å². The van der Waals surface area contributed by atoms with Crippen LogP contribution >= 0.6 is 0 Å². The lowest BCUT2D eigenvalue weighted by Gasteiger charge is -2.36. The van der Waals surface area contributed by atoms with Gasteiger partial charge in [-0.25, -0.2) is 0 Å². The van der Waals surface area contributed by atoms with Crippen molar-refractivity contribution in [2.24, 2.45) is 10.9 Å². The molecule has 3 heterocycles. The number of piperidine rings is 1. The average molecular weight is 377 g/mol. The largest absolute Gasteiger partial charge is 0.364 e. The Balaban J connectivity index is 1.42. The van der Waals surface area contributed by atoms with Gasteiger partial charge in [-0.3, -0.25) is 9.89 Å². The van der Waals surface area contributed by atoms with Crippen LogP contribution in [0.4, 0.5) is 0 Å². The van der Waals surface area contributed by atoms with E-state index in [1.807, 2.05) is 6.07 Å². The van der Waals surface area contributed by atoms with Crippen molar-refractivity contribution in [2.45, 2.75) is 39.7 Å². The normalized spacial score (nSPS) is 21.0. The fraction of sp³-hybridized carbons (Fsp3) is 0.800. The third-order valence-corrected chi connectivity index (χ3v) is 5.84. The molecule has 2 aliphatic heterocycles. The maximum absolute atomic E-state index is 4.94. The number of likely N-dealkylation sites (tertiary alicyclic amines) is 1. The number of nitrogens with one attached hydrogen (secondary N) is 1. The molecule has 1 aromatic rings. The summed E-state index contributed by atoms with van der Waals surface area (Å²) in [4.78, 5) is 12.3. The Labute approximate surface area is 163 Å². The standard InChI is InChI=1S/C20H36N6O/c1-3-21-20(22-9-5-18-6-10-24(4-2)11-7-18)26-14-12-25(13-15-26)17-19-8-16-27-23-19/h8,16,18H,3-7,9-15,17H2,1-2H3,(H,21,22). The molecule has 7 nitrogen and oxygen atoms in total. The zero-order valence-electron chi connectivity index (χ0n) is 17.1. The van der Waals surface area contributed by atoms with Crippen LogP contribution in [0.15, 0.2) is 21.8 Å². The smallest absolute Gasteiger partial charge is 0.194 e. The van der Waals surface area contributed by atoms with Crippen molar-refractivity contribution in [2.75, 3.05) is 58.9 Å². The van der Waals surface area contributed by atoms with Crippen molar-refractivity contribution in [1.29, 1.82) is 0 Å². The third-order valence-electron chi connectivity index (χ3n) is 5.84. The van der Waals surface area contributed by atoms with Crippen molar-refractivity contribution < 1.29 is 4.52 Å². The minimum Gasteiger partial charge on any atom is -0.364 e. The van der Waals surface area contributed by atoms with Crippen LogP contribution in [0.3, 0.4) is 0 Å². The van der Waals surface area contributed by atoms with E-state index < -0.39 is 0 Å². The lowest BCUT2D eigenvalue weighted by Crippen LogP contribution is -2.52. The fourth-order valence-corrected chi connectivity index (χ4v) is 4.04. The van der Waals surface area contributed by atoms with E-state index in [4.69, 9.17) is 9.52 Å². The van der Waals surface area contributed by atoms with E-state index in [0.717, 1.165) is 63.4 Å². The summed E-state index contributed by atoms with van der Waals surface area (Å²) in [6, 6.07) is 1.95. The topological polar surface area (TPSA) is 60.1 Å². The Kier molecular flexibility index (Phi) is 7.95. The molecule has 2 aliphatic rings. The summed E-state index contributed by atoms with van der Waals surface area (Å²) in [5.74, 6) is 1.93. The summed E-state index contributed by atoms with van der Waals surface area (Å²) in [5, 5.41) is 7.51. The zero-order chi connectivity index (χ0) is 18.9. The number of guanidine groups is 1. The highest BCUT2D eigenvalue weighted by molar-refractivity contribution is 5.80. The van der Waals surface area contributed by atoms with E-state index in [2.05, 4.69) is 39.0 Å². The molecule has 2 fully saturated rings. The van der Waals surface area contributed by atoms with Crippen molar-refractivity contribution in [1.82, 2.24) is 25.2 Å². The van der Waals surface area contributed by atoms with E-state index in [1.54, 1.807) is 6.26 Å². The Morgan fingerprint density at radius 3 is 2.56 bits per heavy atom.